The number of carbonyl (C=O) groups is 6. The Labute approximate surface area is 310 Å². The van der Waals surface area contributed by atoms with Crippen LogP contribution >= 0.6 is 0 Å². The van der Waals surface area contributed by atoms with Gasteiger partial charge in [-0.25, -0.2) is 4.79 Å². The lowest BCUT2D eigenvalue weighted by Gasteiger charge is -2.36. The Morgan fingerprint density at radius 1 is 0.887 bits per heavy atom. The lowest BCUT2D eigenvalue weighted by molar-refractivity contribution is -0.143. The number of unbranched alkanes of at least 4 members (excludes halogenated alkanes) is 1. The highest BCUT2D eigenvalue weighted by atomic mass is 16.6. The molecule has 2 N–H and O–H groups in total. The molecule has 2 saturated heterocycles. The number of likely N-dealkylation sites (tertiary alicyclic amines) is 1. The summed E-state index contributed by atoms with van der Waals surface area (Å²) in [4.78, 5) is 83.5. The molecule has 5 rings (SSSR count). The molecular formula is C39H53N5O9. The van der Waals surface area contributed by atoms with E-state index in [0.29, 0.717) is 36.1 Å². The van der Waals surface area contributed by atoms with Crippen LogP contribution in [0.3, 0.4) is 0 Å². The zero-order valence-corrected chi connectivity index (χ0v) is 31.2. The molecule has 0 spiro atoms. The minimum atomic E-state index is -1.05. The van der Waals surface area contributed by atoms with Gasteiger partial charge in [-0.1, -0.05) is 37.1 Å². The molecule has 53 heavy (non-hydrogen) atoms. The smallest absolute Gasteiger partial charge is 0.409 e. The van der Waals surface area contributed by atoms with Gasteiger partial charge in [0.05, 0.1) is 13.2 Å². The first-order chi connectivity index (χ1) is 25.6. The molecule has 2 aromatic carbocycles. The number of amides is 5. The van der Waals surface area contributed by atoms with Gasteiger partial charge in [-0.15, -0.1) is 0 Å². The first-order valence-corrected chi connectivity index (χ1v) is 19.0. The molecule has 2 atom stereocenters. The molecule has 2 heterocycles. The van der Waals surface area contributed by atoms with Crippen LogP contribution in [0.1, 0.15) is 87.6 Å². The number of ether oxygens (including phenoxy) is 3. The van der Waals surface area contributed by atoms with Crippen LogP contribution in [0.25, 0.3) is 10.8 Å². The van der Waals surface area contributed by atoms with Crippen LogP contribution in [0, 0.1) is 6.92 Å². The number of rotatable bonds is 15. The highest BCUT2D eigenvalue weighted by Gasteiger charge is 2.36. The molecule has 14 heteroatoms. The Bertz CT molecular complexity index is 1650. The lowest BCUT2D eigenvalue weighted by Crippen LogP contribution is -2.56. The minimum absolute atomic E-state index is 0.0125. The first kappa shape index (κ1) is 39.3. The third-order valence-electron chi connectivity index (χ3n) is 10.1. The van der Waals surface area contributed by atoms with Gasteiger partial charge in [0.1, 0.15) is 17.8 Å². The van der Waals surface area contributed by atoms with Crippen LogP contribution in [0.4, 0.5) is 4.79 Å². The molecule has 2 aromatic rings. The van der Waals surface area contributed by atoms with Gasteiger partial charge in [0.15, 0.2) is 6.61 Å². The Kier molecular flexibility index (Phi) is 13.9. The summed E-state index contributed by atoms with van der Waals surface area (Å²) in [6.07, 6.45) is 5.52. The van der Waals surface area contributed by atoms with Crippen LogP contribution in [-0.2, 0) is 28.7 Å². The summed E-state index contributed by atoms with van der Waals surface area (Å²) < 4.78 is 16.5. The van der Waals surface area contributed by atoms with Crippen LogP contribution in [-0.4, -0.2) is 121 Å². The van der Waals surface area contributed by atoms with Crippen LogP contribution < -0.4 is 15.4 Å². The summed E-state index contributed by atoms with van der Waals surface area (Å²) in [5, 5.41) is 7.29. The second-order valence-corrected chi connectivity index (χ2v) is 14.0. The predicted molar refractivity (Wildman–Crippen MR) is 196 cm³/mol. The largest absolute Gasteiger partial charge is 0.483 e. The number of hydrogen-bond donors (Lipinski definition) is 2. The Morgan fingerprint density at radius 3 is 2.34 bits per heavy atom. The highest BCUT2D eigenvalue weighted by molar-refractivity contribution is 6.03. The molecule has 3 aliphatic rings. The van der Waals surface area contributed by atoms with E-state index in [1.165, 1.54) is 0 Å². The fraction of sp³-hybridized carbons (Fsp3) is 0.590. The number of carbonyl (C=O) groups excluding carboxylic acids is 6. The number of esters is 1. The van der Waals surface area contributed by atoms with E-state index in [9.17, 15) is 28.8 Å². The van der Waals surface area contributed by atoms with Gasteiger partial charge in [-0.2, -0.15) is 0 Å². The molecular weight excluding hydrogens is 682 g/mol. The van der Waals surface area contributed by atoms with Gasteiger partial charge < -0.3 is 39.5 Å². The van der Waals surface area contributed by atoms with Gasteiger partial charge in [0, 0.05) is 56.1 Å². The Balaban J connectivity index is 1.28. The number of nitrogens with zero attached hydrogens (tertiary/aromatic N) is 3. The zero-order valence-electron chi connectivity index (χ0n) is 31.2. The standard InChI is InChI=1S/C39H53N5O9/c1-4-6-21-52-39(50)43-19-17-42(18-20-43)38(49)31(14-15-35(46)51-5-2)41-36(47)28-23-27-22-26(3)12-13-30(27)33(24-28)53-25-34(45)44-16-8-11-32(44)37(48)40-29-9-7-10-29/h12-13,22-24,29,31-32H,4-11,14-21,25H2,1-3H3,(H,40,48)(H,41,47). The molecule has 2 unspecified atom stereocenters. The summed E-state index contributed by atoms with van der Waals surface area (Å²) in [6.45, 7) is 7.35. The zero-order chi connectivity index (χ0) is 37.9. The summed E-state index contributed by atoms with van der Waals surface area (Å²) in [7, 11) is 0. The van der Waals surface area contributed by atoms with Crippen molar-refractivity contribution in [1.29, 1.82) is 0 Å². The molecule has 288 valence electrons. The van der Waals surface area contributed by atoms with E-state index < -0.39 is 30.1 Å². The van der Waals surface area contributed by atoms with Gasteiger partial charge in [0.2, 0.25) is 11.8 Å². The van der Waals surface area contributed by atoms with Crippen molar-refractivity contribution in [2.75, 3.05) is 52.5 Å². The van der Waals surface area contributed by atoms with E-state index in [4.69, 9.17) is 14.2 Å². The number of aryl methyl sites for hydroxylation is 1. The van der Waals surface area contributed by atoms with Crippen molar-refractivity contribution in [2.24, 2.45) is 0 Å². The maximum Gasteiger partial charge on any atom is 0.409 e. The first-order valence-electron chi connectivity index (χ1n) is 19.0. The summed E-state index contributed by atoms with van der Waals surface area (Å²) in [5.41, 5.74) is 1.16. The lowest BCUT2D eigenvalue weighted by atomic mass is 9.93. The molecule has 1 aliphatic carbocycles. The van der Waals surface area contributed by atoms with Gasteiger partial charge in [-0.05, 0) is 76.3 Å². The van der Waals surface area contributed by atoms with Crippen molar-refractivity contribution in [1.82, 2.24) is 25.3 Å². The summed E-state index contributed by atoms with van der Waals surface area (Å²) in [6, 6.07) is 7.51. The van der Waals surface area contributed by atoms with E-state index in [-0.39, 0.29) is 81.6 Å². The second-order valence-electron chi connectivity index (χ2n) is 14.0. The summed E-state index contributed by atoms with van der Waals surface area (Å²) >= 11 is 0. The molecule has 0 aromatic heterocycles. The molecule has 14 nitrogen and oxygen atoms in total. The predicted octanol–water partition coefficient (Wildman–Crippen LogP) is 3.71. The number of piperazine rings is 1. The fourth-order valence-corrected chi connectivity index (χ4v) is 6.83. The maximum atomic E-state index is 13.9. The van der Waals surface area contributed by atoms with Crippen molar-refractivity contribution in [3.63, 3.8) is 0 Å². The van der Waals surface area contributed by atoms with Crippen LogP contribution in [0.5, 0.6) is 5.75 Å². The molecule has 0 radical (unpaired) electrons. The average Bonchev–Trinajstić information content (AvgIpc) is 3.64. The van der Waals surface area contributed by atoms with E-state index in [1.807, 2.05) is 32.0 Å². The summed E-state index contributed by atoms with van der Waals surface area (Å²) in [5.74, 6) is -1.54. The molecule has 0 bridgehead atoms. The van der Waals surface area contributed by atoms with Crippen molar-refractivity contribution in [3.8, 4) is 5.75 Å². The number of hydrogen-bond acceptors (Lipinski definition) is 9. The highest BCUT2D eigenvalue weighted by Crippen LogP contribution is 2.30. The van der Waals surface area contributed by atoms with Crippen molar-refractivity contribution < 1.29 is 43.0 Å². The molecule has 1 saturated carbocycles. The molecule has 5 amide bonds. The number of benzene rings is 2. The topological polar surface area (TPSA) is 164 Å². The average molecular weight is 736 g/mol. The maximum absolute atomic E-state index is 13.9. The monoisotopic (exact) mass is 735 g/mol. The Morgan fingerprint density at radius 2 is 1.64 bits per heavy atom. The van der Waals surface area contributed by atoms with E-state index >= 15 is 0 Å². The normalized spacial score (nSPS) is 17.9. The van der Waals surface area contributed by atoms with Gasteiger partial charge >= 0.3 is 12.1 Å². The molecule has 2 aliphatic heterocycles. The second kappa shape index (κ2) is 18.7. The van der Waals surface area contributed by atoms with Gasteiger partial charge in [0.25, 0.3) is 11.8 Å². The third-order valence-corrected chi connectivity index (χ3v) is 10.1. The quantitative estimate of drug-likeness (QED) is 0.205. The van der Waals surface area contributed by atoms with E-state index in [2.05, 4.69) is 10.6 Å². The Hall–Kier alpha value is -4.88. The van der Waals surface area contributed by atoms with Gasteiger partial charge in [-0.3, -0.25) is 24.0 Å². The number of fused-ring (bicyclic) bond motifs is 1. The van der Waals surface area contributed by atoms with Crippen molar-refractivity contribution in [2.45, 2.75) is 96.7 Å². The minimum Gasteiger partial charge on any atom is -0.483 e. The third kappa shape index (κ3) is 10.4. The fourth-order valence-electron chi connectivity index (χ4n) is 6.83. The molecule has 3 fully saturated rings. The SMILES string of the molecule is CCCCOC(=O)N1CCN(C(=O)C(CCC(=O)OCC)NC(=O)c2cc(OCC(=O)N3CCCC3C(=O)NC3CCC3)c3ccc(C)cc3c2)CC1. The van der Waals surface area contributed by atoms with Crippen molar-refractivity contribution in [3.05, 3.63) is 41.5 Å². The van der Waals surface area contributed by atoms with Crippen LogP contribution in [0.15, 0.2) is 30.3 Å². The van der Waals surface area contributed by atoms with E-state index in [0.717, 1.165) is 44.1 Å². The van der Waals surface area contributed by atoms with Crippen LogP contribution in [0.2, 0.25) is 0 Å². The van der Waals surface area contributed by atoms with E-state index in [1.54, 1.807) is 33.8 Å². The number of nitrogens with one attached hydrogen (secondary N) is 2. The van der Waals surface area contributed by atoms with Crippen molar-refractivity contribution >= 4 is 46.5 Å².